The molecule has 9 nitrogen and oxygen atoms in total. The van der Waals surface area contributed by atoms with Gasteiger partial charge in [0.1, 0.15) is 11.9 Å². The van der Waals surface area contributed by atoms with E-state index in [4.69, 9.17) is 4.74 Å². The zero-order valence-corrected chi connectivity index (χ0v) is 20.0. The molecule has 2 fully saturated rings. The summed E-state index contributed by atoms with van der Waals surface area (Å²) in [4.78, 5) is 37.6. The first kappa shape index (κ1) is 23.2. The fourth-order valence-electron chi connectivity index (χ4n) is 4.02. The molecule has 0 aliphatic carbocycles. The predicted octanol–water partition coefficient (Wildman–Crippen LogP) is 2.77. The Kier molecular flexibility index (Phi) is 7.24. The van der Waals surface area contributed by atoms with E-state index in [1.807, 2.05) is 7.05 Å². The van der Waals surface area contributed by atoms with Crippen LogP contribution in [0.25, 0.3) is 0 Å². The van der Waals surface area contributed by atoms with Crippen LogP contribution in [0.5, 0.6) is 5.75 Å². The summed E-state index contributed by atoms with van der Waals surface area (Å²) in [5, 5.41) is 6.05. The number of likely N-dealkylation sites (tertiary alicyclic amines) is 2. The minimum Gasteiger partial charge on any atom is -0.487 e. The number of hydrogen-bond acceptors (Lipinski definition) is 7. The third-order valence-electron chi connectivity index (χ3n) is 5.74. The fourth-order valence-corrected chi connectivity index (χ4v) is 4.23. The summed E-state index contributed by atoms with van der Waals surface area (Å²) in [7, 11) is 2.04. The van der Waals surface area contributed by atoms with Crippen molar-refractivity contribution in [2.75, 3.05) is 43.9 Å². The van der Waals surface area contributed by atoms with Gasteiger partial charge in [0.2, 0.25) is 11.9 Å². The van der Waals surface area contributed by atoms with Crippen molar-refractivity contribution in [2.45, 2.75) is 25.0 Å². The molecule has 2 aliphatic rings. The van der Waals surface area contributed by atoms with Gasteiger partial charge in [-0.1, -0.05) is 6.58 Å². The summed E-state index contributed by atoms with van der Waals surface area (Å²) in [6, 6.07) is 5.22. The van der Waals surface area contributed by atoms with Crippen molar-refractivity contribution in [3.63, 3.8) is 0 Å². The van der Waals surface area contributed by atoms with Crippen LogP contribution in [0.2, 0.25) is 0 Å². The summed E-state index contributed by atoms with van der Waals surface area (Å²) in [5.74, 6) is 0.627. The minimum atomic E-state index is -0.328. The van der Waals surface area contributed by atoms with Crippen LogP contribution >= 0.6 is 15.9 Å². The molecule has 2 atom stereocenters. The number of carbonyl (C=O) groups excluding carboxylic acids is 2. The smallest absolute Gasteiger partial charge is 0.254 e. The Hall–Kier alpha value is -2.98. The van der Waals surface area contributed by atoms with Gasteiger partial charge < -0.3 is 25.2 Å². The van der Waals surface area contributed by atoms with E-state index >= 15 is 0 Å². The average molecular weight is 515 g/mol. The van der Waals surface area contributed by atoms with Crippen molar-refractivity contribution >= 4 is 39.4 Å². The zero-order valence-electron chi connectivity index (χ0n) is 18.5. The molecule has 10 heteroatoms. The molecular formula is C23H27BrN6O3. The number of hydrogen-bond donors (Lipinski definition) is 2. The normalized spacial score (nSPS) is 20.5. The Balaban J connectivity index is 1.46. The molecule has 2 saturated heterocycles. The van der Waals surface area contributed by atoms with Crippen LogP contribution in [0.3, 0.4) is 0 Å². The third-order valence-corrected chi connectivity index (χ3v) is 6.15. The molecule has 0 spiro atoms. The summed E-state index contributed by atoms with van der Waals surface area (Å²) in [6.45, 7) is 6.43. The van der Waals surface area contributed by atoms with Crippen molar-refractivity contribution in [1.29, 1.82) is 0 Å². The largest absolute Gasteiger partial charge is 0.487 e. The molecule has 3 heterocycles. The molecule has 174 valence electrons. The number of aromatic nitrogens is 2. The molecular weight excluding hydrogens is 488 g/mol. The SMILES string of the molecule is C=CC(=O)Nc1ccc(C(=O)N2CC[C@@H](Nc3ncc(Br)cn3)C2)cc1O[C@H]1CCN(C)C1. The number of likely N-dealkylation sites (N-methyl/N-ethyl adjacent to an activating group) is 1. The molecule has 33 heavy (non-hydrogen) atoms. The van der Waals surface area contributed by atoms with E-state index in [1.165, 1.54) is 6.08 Å². The topological polar surface area (TPSA) is 99.7 Å². The van der Waals surface area contributed by atoms with Gasteiger partial charge >= 0.3 is 0 Å². The number of nitrogens with one attached hydrogen (secondary N) is 2. The molecule has 2 amide bonds. The number of rotatable bonds is 7. The lowest BCUT2D eigenvalue weighted by Gasteiger charge is -2.20. The van der Waals surface area contributed by atoms with Crippen LogP contribution in [0.1, 0.15) is 23.2 Å². The van der Waals surface area contributed by atoms with E-state index in [0.717, 1.165) is 30.4 Å². The van der Waals surface area contributed by atoms with Crippen LogP contribution in [0, 0.1) is 0 Å². The first-order valence-electron chi connectivity index (χ1n) is 10.9. The van der Waals surface area contributed by atoms with E-state index in [0.29, 0.717) is 36.0 Å². The van der Waals surface area contributed by atoms with Crippen LogP contribution in [-0.4, -0.2) is 77.0 Å². The Morgan fingerprint density at radius 2 is 2.00 bits per heavy atom. The number of amides is 2. The maximum absolute atomic E-state index is 13.2. The molecule has 0 unspecified atom stereocenters. The molecule has 0 radical (unpaired) electrons. The Bertz CT molecular complexity index is 1030. The van der Waals surface area contributed by atoms with Crippen molar-refractivity contribution < 1.29 is 14.3 Å². The van der Waals surface area contributed by atoms with Crippen LogP contribution < -0.4 is 15.4 Å². The average Bonchev–Trinajstić information content (AvgIpc) is 3.44. The highest BCUT2D eigenvalue weighted by atomic mass is 79.9. The summed E-state index contributed by atoms with van der Waals surface area (Å²) < 4.78 is 7.00. The van der Waals surface area contributed by atoms with Crippen molar-refractivity contribution in [2.24, 2.45) is 0 Å². The van der Waals surface area contributed by atoms with Crippen molar-refractivity contribution in [3.8, 4) is 5.75 Å². The number of nitrogens with zero attached hydrogens (tertiary/aromatic N) is 4. The molecule has 2 N–H and O–H groups in total. The van der Waals surface area contributed by atoms with Gasteiger partial charge in [-0.05, 0) is 60.1 Å². The summed E-state index contributed by atoms with van der Waals surface area (Å²) >= 11 is 3.32. The van der Waals surface area contributed by atoms with Gasteiger partial charge in [0.25, 0.3) is 5.91 Å². The molecule has 0 saturated carbocycles. The summed E-state index contributed by atoms with van der Waals surface area (Å²) in [5.41, 5.74) is 1.05. The predicted molar refractivity (Wildman–Crippen MR) is 129 cm³/mol. The lowest BCUT2D eigenvalue weighted by molar-refractivity contribution is -0.111. The molecule has 2 aromatic rings. The highest BCUT2D eigenvalue weighted by Crippen LogP contribution is 2.30. The van der Waals surface area contributed by atoms with E-state index in [2.05, 4.69) is 48.0 Å². The van der Waals surface area contributed by atoms with Gasteiger partial charge in [-0.2, -0.15) is 0 Å². The number of halogens is 1. The lowest BCUT2D eigenvalue weighted by Crippen LogP contribution is -2.32. The van der Waals surface area contributed by atoms with E-state index < -0.39 is 0 Å². The highest BCUT2D eigenvalue weighted by molar-refractivity contribution is 9.10. The van der Waals surface area contributed by atoms with Gasteiger partial charge in [0.15, 0.2) is 0 Å². The quantitative estimate of drug-likeness (QED) is 0.548. The van der Waals surface area contributed by atoms with Gasteiger partial charge in [0.05, 0.1) is 10.2 Å². The number of ether oxygens (including phenoxy) is 1. The van der Waals surface area contributed by atoms with Gasteiger partial charge in [0, 0.05) is 50.2 Å². The molecule has 1 aromatic carbocycles. The Labute approximate surface area is 201 Å². The Morgan fingerprint density at radius 1 is 1.21 bits per heavy atom. The lowest BCUT2D eigenvalue weighted by atomic mass is 10.1. The van der Waals surface area contributed by atoms with Crippen molar-refractivity contribution in [1.82, 2.24) is 19.8 Å². The number of benzene rings is 1. The standard InChI is InChI=1S/C23H27BrN6O3/c1-3-21(31)28-19-5-4-15(10-20(19)33-18-7-8-29(2)14-18)22(32)30-9-6-17(13-30)27-23-25-11-16(24)12-26-23/h3-5,10-12,17-18H,1,6-9,13-14H2,2H3,(H,28,31)(H,25,26,27)/t17-,18+/m1/s1. The van der Waals surface area contributed by atoms with Gasteiger partial charge in [-0.3, -0.25) is 9.59 Å². The highest BCUT2D eigenvalue weighted by Gasteiger charge is 2.29. The van der Waals surface area contributed by atoms with E-state index in [9.17, 15) is 9.59 Å². The van der Waals surface area contributed by atoms with Crippen LogP contribution in [0.4, 0.5) is 11.6 Å². The van der Waals surface area contributed by atoms with E-state index in [-0.39, 0.29) is 24.0 Å². The van der Waals surface area contributed by atoms with Gasteiger partial charge in [-0.25, -0.2) is 9.97 Å². The first-order valence-corrected chi connectivity index (χ1v) is 11.7. The van der Waals surface area contributed by atoms with Crippen LogP contribution in [0.15, 0.2) is 47.7 Å². The molecule has 2 aliphatic heterocycles. The van der Waals surface area contributed by atoms with Crippen molar-refractivity contribution in [3.05, 3.63) is 53.3 Å². The first-order chi connectivity index (χ1) is 15.9. The van der Waals surface area contributed by atoms with Gasteiger partial charge in [-0.15, -0.1) is 0 Å². The minimum absolute atomic E-state index is 0.00557. The number of anilines is 2. The molecule has 4 rings (SSSR count). The number of carbonyl (C=O) groups is 2. The Morgan fingerprint density at radius 3 is 2.70 bits per heavy atom. The zero-order chi connectivity index (χ0) is 23.4. The second kappa shape index (κ2) is 10.3. The van der Waals surface area contributed by atoms with Crippen LogP contribution in [-0.2, 0) is 4.79 Å². The molecule has 0 bridgehead atoms. The maximum atomic E-state index is 13.2. The van der Waals surface area contributed by atoms with E-state index in [1.54, 1.807) is 35.5 Å². The second-order valence-electron chi connectivity index (χ2n) is 8.30. The second-order valence-corrected chi connectivity index (χ2v) is 9.22. The summed E-state index contributed by atoms with van der Waals surface area (Å²) in [6.07, 6.45) is 6.27. The third kappa shape index (κ3) is 5.88. The fraction of sp³-hybridized carbons (Fsp3) is 0.391. The monoisotopic (exact) mass is 514 g/mol. The molecule has 1 aromatic heterocycles. The maximum Gasteiger partial charge on any atom is 0.254 e.